The second-order valence-corrected chi connectivity index (χ2v) is 5.75. The van der Waals surface area contributed by atoms with Gasteiger partial charge in [0.2, 0.25) is 0 Å². The van der Waals surface area contributed by atoms with Gasteiger partial charge in [-0.3, -0.25) is 4.68 Å². The molecule has 8 nitrogen and oxygen atoms in total. The van der Waals surface area contributed by atoms with Gasteiger partial charge in [0.15, 0.2) is 11.6 Å². The van der Waals surface area contributed by atoms with Crippen LogP contribution in [0, 0.1) is 0 Å². The lowest BCUT2D eigenvalue weighted by molar-refractivity contribution is 0.0737. The highest BCUT2D eigenvalue weighted by Crippen LogP contribution is 2.24. The van der Waals surface area contributed by atoms with E-state index in [4.69, 9.17) is 9.26 Å². The Morgan fingerprint density at radius 1 is 1.45 bits per heavy atom. The molecule has 3 heterocycles. The Bertz CT molecular complexity index is 624. The molecule has 0 aromatic carbocycles. The fourth-order valence-electron chi connectivity index (χ4n) is 2.37. The third-order valence-corrected chi connectivity index (χ3v) is 3.68. The van der Waals surface area contributed by atoms with E-state index in [0.29, 0.717) is 30.7 Å². The normalized spacial score (nSPS) is 21.8. The predicted octanol–water partition coefficient (Wildman–Crippen LogP) is 1.04. The molecule has 0 aliphatic carbocycles. The molecule has 22 heavy (non-hydrogen) atoms. The van der Waals surface area contributed by atoms with Gasteiger partial charge in [0.25, 0.3) is 0 Å². The molecular formula is C14H21N5O3. The first-order chi connectivity index (χ1) is 10.6. The molecule has 3 rings (SSSR count). The van der Waals surface area contributed by atoms with Crippen molar-refractivity contribution in [2.45, 2.75) is 45.4 Å². The number of β-amino-alcohol motifs (C(OH)–C–C–N with tert-alkyl or cyclic N) is 1. The van der Waals surface area contributed by atoms with E-state index in [0.717, 1.165) is 6.54 Å². The molecule has 0 bridgehead atoms. The fourth-order valence-corrected chi connectivity index (χ4v) is 2.37. The second kappa shape index (κ2) is 5.96. The Hall–Kier alpha value is -2.09. The summed E-state index contributed by atoms with van der Waals surface area (Å²) in [5, 5.41) is 18.3. The molecule has 1 fully saturated rings. The van der Waals surface area contributed by atoms with Crippen LogP contribution in [-0.2, 0) is 6.54 Å². The van der Waals surface area contributed by atoms with Gasteiger partial charge in [-0.15, -0.1) is 0 Å². The van der Waals surface area contributed by atoms with Crippen LogP contribution in [0.1, 0.15) is 32.5 Å². The van der Waals surface area contributed by atoms with Gasteiger partial charge in [0.05, 0.1) is 25.5 Å². The van der Waals surface area contributed by atoms with Crippen LogP contribution >= 0.6 is 0 Å². The number of aryl methyl sites for hydroxylation is 1. The maximum Gasteiger partial charge on any atom is 0.324 e. The van der Waals surface area contributed by atoms with Gasteiger partial charge in [0.1, 0.15) is 12.2 Å². The quantitative estimate of drug-likeness (QED) is 0.882. The van der Waals surface area contributed by atoms with Crippen LogP contribution in [0.25, 0.3) is 0 Å². The topological polar surface area (TPSA) is 89.4 Å². The predicted molar refractivity (Wildman–Crippen MR) is 78.9 cm³/mol. The van der Waals surface area contributed by atoms with E-state index in [1.54, 1.807) is 10.9 Å². The maximum atomic E-state index is 10.2. The lowest BCUT2D eigenvalue weighted by Crippen LogP contribution is -2.29. The smallest absolute Gasteiger partial charge is 0.324 e. The fraction of sp³-hybridized carbons (Fsp3) is 0.643. The molecule has 0 spiro atoms. The molecule has 0 radical (unpaired) electrons. The molecule has 120 valence electrons. The van der Waals surface area contributed by atoms with E-state index in [2.05, 4.69) is 15.2 Å². The Labute approximate surface area is 128 Å². The molecule has 1 saturated heterocycles. The van der Waals surface area contributed by atoms with Gasteiger partial charge in [-0.1, -0.05) is 19.0 Å². The minimum Gasteiger partial charge on any atom is -0.482 e. The van der Waals surface area contributed by atoms with Gasteiger partial charge in [-0.2, -0.15) is 10.1 Å². The van der Waals surface area contributed by atoms with Crippen LogP contribution in [0.3, 0.4) is 0 Å². The second-order valence-electron chi connectivity index (χ2n) is 5.75. The maximum absolute atomic E-state index is 10.2. The number of rotatable bonds is 5. The molecule has 8 heteroatoms. The standard InChI is InChI=1S/C14H21N5O3/c1-4-19-6-10(5-15-19)21-12-8-18(7-11(12)20)14-16-13(9(2)3)17-22-14/h5-6,9,11-12,20H,4,7-8H2,1-3H3/t11-,12-/m1/s1. The molecule has 2 aromatic heterocycles. The van der Waals surface area contributed by atoms with Crippen molar-refractivity contribution in [3.8, 4) is 5.75 Å². The van der Waals surface area contributed by atoms with Crippen LogP contribution in [0.2, 0.25) is 0 Å². The summed E-state index contributed by atoms with van der Waals surface area (Å²) < 4.78 is 12.9. The average Bonchev–Trinajstić information content (AvgIpc) is 3.19. The first-order valence-electron chi connectivity index (χ1n) is 7.52. The molecule has 1 aliphatic heterocycles. The number of aromatic nitrogens is 4. The molecule has 0 amide bonds. The summed E-state index contributed by atoms with van der Waals surface area (Å²) >= 11 is 0. The van der Waals surface area contributed by atoms with Crippen molar-refractivity contribution in [3.63, 3.8) is 0 Å². The van der Waals surface area contributed by atoms with Crippen molar-refractivity contribution >= 4 is 6.01 Å². The molecule has 0 saturated carbocycles. The summed E-state index contributed by atoms with van der Waals surface area (Å²) in [6.07, 6.45) is 2.52. The van der Waals surface area contributed by atoms with Gasteiger partial charge in [0, 0.05) is 12.5 Å². The Morgan fingerprint density at radius 3 is 2.91 bits per heavy atom. The number of aliphatic hydroxyl groups excluding tert-OH is 1. The van der Waals surface area contributed by atoms with Crippen LogP contribution in [0.15, 0.2) is 16.9 Å². The largest absolute Gasteiger partial charge is 0.482 e. The summed E-state index contributed by atoms with van der Waals surface area (Å²) in [6, 6.07) is 0.429. The average molecular weight is 307 g/mol. The summed E-state index contributed by atoms with van der Waals surface area (Å²) in [5.74, 6) is 1.52. The lowest BCUT2D eigenvalue weighted by atomic mass is 10.2. The highest BCUT2D eigenvalue weighted by atomic mass is 16.5. The van der Waals surface area contributed by atoms with Gasteiger partial charge < -0.3 is 19.3 Å². The summed E-state index contributed by atoms with van der Waals surface area (Å²) in [7, 11) is 0. The Morgan fingerprint density at radius 2 is 2.27 bits per heavy atom. The zero-order valence-corrected chi connectivity index (χ0v) is 13.0. The molecule has 0 unspecified atom stereocenters. The van der Waals surface area contributed by atoms with Crippen LogP contribution in [-0.4, -0.2) is 50.3 Å². The van der Waals surface area contributed by atoms with Gasteiger partial charge >= 0.3 is 6.01 Å². The molecule has 2 aromatic rings. The van der Waals surface area contributed by atoms with Crippen molar-refractivity contribution in [1.82, 2.24) is 19.9 Å². The van der Waals surface area contributed by atoms with Gasteiger partial charge in [-0.05, 0) is 6.92 Å². The highest BCUT2D eigenvalue weighted by Gasteiger charge is 2.36. The van der Waals surface area contributed by atoms with Crippen molar-refractivity contribution < 1.29 is 14.4 Å². The summed E-state index contributed by atoms with van der Waals surface area (Å²) in [6.45, 7) is 7.70. The van der Waals surface area contributed by atoms with E-state index in [1.807, 2.05) is 31.9 Å². The number of aliphatic hydroxyl groups is 1. The van der Waals surface area contributed by atoms with Crippen LogP contribution in [0.5, 0.6) is 5.75 Å². The lowest BCUT2D eigenvalue weighted by Gasteiger charge is -2.14. The van der Waals surface area contributed by atoms with Crippen molar-refractivity contribution in [2.24, 2.45) is 0 Å². The minimum atomic E-state index is -0.612. The first-order valence-corrected chi connectivity index (χ1v) is 7.52. The van der Waals surface area contributed by atoms with Crippen LogP contribution < -0.4 is 9.64 Å². The molecule has 1 N–H and O–H groups in total. The van der Waals surface area contributed by atoms with E-state index < -0.39 is 6.10 Å². The monoisotopic (exact) mass is 307 g/mol. The van der Waals surface area contributed by atoms with Gasteiger partial charge in [-0.25, -0.2) is 0 Å². The SMILES string of the molecule is CCn1cc(O[C@@H]2CN(c3nc(C(C)C)no3)C[C@H]2O)cn1. The zero-order valence-electron chi connectivity index (χ0n) is 13.0. The third kappa shape index (κ3) is 2.92. The van der Waals surface area contributed by atoms with Crippen LogP contribution in [0.4, 0.5) is 6.01 Å². The zero-order chi connectivity index (χ0) is 15.7. The summed E-state index contributed by atoms with van der Waals surface area (Å²) in [5.41, 5.74) is 0. The van der Waals surface area contributed by atoms with E-state index in [9.17, 15) is 5.11 Å². The molecule has 1 aliphatic rings. The minimum absolute atomic E-state index is 0.206. The molecule has 2 atom stereocenters. The number of nitrogens with zero attached hydrogens (tertiary/aromatic N) is 5. The highest BCUT2D eigenvalue weighted by molar-refractivity contribution is 5.30. The van der Waals surface area contributed by atoms with E-state index in [1.165, 1.54) is 0 Å². The Kier molecular flexibility index (Phi) is 4.02. The van der Waals surface area contributed by atoms with Crippen molar-refractivity contribution in [1.29, 1.82) is 0 Å². The van der Waals surface area contributed by atoms with Crippen molar-refractivity contribution in [3.05, 3.63) is 18.2 Å². The first kappa shape index (κ1) is 14.8. The Balaban J connectivity index is 1.65. The van der Waals surface area contributed by atoms with E-state index >= 15 is 0 Å². The number of anilines is 1. The summed E-state index contributed by atoms with van der Waals surface area (Å²) in [4.78, 5) is 6.20. The van der Waals surface area contributed by atoms with Crippen molar-refractivity contribution in [2.75, 3.05) is 18.0 Å². The van der Waals surface area contributed by atoms with E-state index in [-0.39, 0.29) is 12.0 Å². The molecular weight excluding hydrogens is 286 g/mol. The third-order valence-electron chi connectivity index (χ3n) is 3.68. The number of hydrogen-bond acceptors (Lipinski definition) is 7. The number of ether oxygens (including phenoxy) is 1. The number of hydrogen-bond donors (Lipinski definition) is 1.